The Morgan fingerprint density at radius 3 is 2.72 bits per heavy atom. The zero-order chi connectivity index (χ0) is 12.8. The number of allylic oxidation sites excluding steroid dienone is 1. The molecule has 1 unspecified atom stereocenters. The lowest BCUT2D eigenvalue weighted by atomic mass is 10.0. The monoisotopic (exact) mass is 248 g/mol. The van der Waals surface area contributed by atoms with Crippen molar-refractivity contribution in [1.82, 2.24) is 0 Å². The molecule has 3 heteroatoms. The Hall–Kier alpha value is -1.48. The summed E-state index contributed by atoms with van der Waals surface area (Å²) in [6, 6.07) is 7.94. The van der Waals surface area contributed by atoms with Crippen LogP contribution in [0.4, 0.5) is 0 Å². The van der Waals surface area contributed by atoms with E-state index in [0.717, 1.165) is 37.4 Å². The molecule has 1 N–H and O–H groups in total. The Morgan fingerprint density at radius 2 is 2.11 bits per heavy atom. The molecule has 18 heavy (non-hydrogen) atoms. The molecule has 1 aliphatic heterocycles. The first-order valence-corrected chi connectivity index (χ1v) is 6.43. The fourth-order valence-electron chi connectivity index (χ4n) is 2.05. The molecular weight excluding hydrogens is 228 g/mol. The van der Waals surface area contributed by atoms with E-state index in [2.05, 4.69) is 0 Å². The van der Waals surface area contributed by atoms with Crippen LogP contribution in [-0.2, 0) is 11.2 Å². The van der Waals surface area contributed by atoms with Crippen molar-refractivity contribution in [2.45, 2.75) is 31.8 Å². The molecule has 1 atom stereocenters. The Balaban J connectivity index is 1.84. The summed E-state index contributed by atoms with van der Waals surface area (Å²) in [4.78, 5) is 0. The van der Waals surface area contributed by atoms with Gasteiger partial charge < -0.3 is 14.6 Å². The number of rotatable bonds is 5. The summed E-state index contributed by atoms with van der Waals surface area (Å²) in [6.07, 6.45) is 5.11. The predicted molar refractivity (Wildman–Crippen MR) is 70.6 cm³/mol. The van der Waals surface area contributed by atoms with Crippen LogP contribution in [0.15, 0.2) is 36.1 Å². The summed E-state index contributed by atoms with van der Waals surface area (Å²) in [5, 5.41) is 10.0. The van der Waals surface area contributed by atoms with Crippen LogP contribution in [0.2, 0.25) is 0 Å². The topological polar surface area (TPSA) is 38.7 Å². The SMILES string of the molecule is COc1ccc(CCC(O)C2=CCCCO2)cc1. The van der Waals surface area contributed by atoms with Crippen molar-refractivity contribution in [3.05, 3.63) is 41.7 Å². The number of ether oxygens (including phenoxy) is 2. The molecular formula is C15H20O3. The minimum absolute atomic E-state index is 0.479. The summed E-state index contributed by atoms with van der Waals surface area (Å²) in [7, 11) is 1.66. The Bertz CT molecular complexity index is 395. The van der Waals surface area contributed by atoms with Gasteiger partial charge in [-0.2, -0.15) is 0 Å². The fraction of sp³-hybridized carbons (Fsp3) is 0.467. The lowest BCUT2D eigenvalue weighted by Crippen LogP contribution is -2.17. The van der Waals surface area contributed by atoms with Gasteiger partial charge in [-0.15, -0.1) is 0 Å². The molecule has 0 radical (unpaired) electrons. The number of hydrogen-bond acceptors (Lipinski definition) is 3. The van der Waals surface area contributed by atoms with Gasteiger partial charge in [0.05, 0.1) is 13.7 Å². The molecule has 0 fully saturated rings. The Morgan fingerprint density at radius 1 is 1.33 bits per heavy atom. The second kappa shape index (κ2) is 6.45. The number of aliphatic hydroxyl groups excluding tert-OH is 1. The molecule has 0 aliphatic carbocycles. The zero-order valence-corrected chi connectivity index (χ0v) is 10.8. The maximum atomic E-state index is 10.0. The minimum atomic E-state index is -0.479. The summed E-state index contributed by atoms with van der Waals surface area (Å²) < 4.78 is 10.6. The first-order chi connectivity index (χ1) is 8.79. The second-order valence-corrected chi connectivity index (χ2v) is 4.50. The summed E-state index contributed by atoms with van der Waals surface area (Å²) >= 11 is 0. The highest BCUT2D eigenvalue weighted by Crippen LogP contribution is 2.18. The number of methoxy groups -OCH3 is 1. The number of aryl methyl sites for hydroxylation is 1. The van der Waals surface area contributed by atoms with Crippen molar-refractivity contribution < 1.29 is 14.6 Å². The highest BCUT2D eigenvalue weighted by Gasteiger charge is 2.14. The van der Waals surface area contributed by atoms with E-state index in [9.17, 15) is 5.11 Å². The summed E-state index contributed by atoms with van der Waals surface area (Å²) in [5.41, 5.74) is 1.20. The van der Waals surface area contributed by atoms with Crippen LogP contribution in [0.3, 0.4) is 0 Å². The maximum absolute atomic E-state index is 10.0. The van der Waals surface area contributed by atoms with Crippen molar-refractivity contribution in [3.8, 4) is 5.75 Å². The van der Waals surface area contributed by atoms with E-state index in [1.807, 2.05) is 30.3 Å². The molecule has 2 rings (SSSR count). The van der Waals surface area contributed by atoms with Crippen LogP contribution in [0, 0.1) is 0 Å². The standard InChI is InChI=1S/C15H20O3/c1-17-13-8-5-12(6-9-13)7-10-14(16)15-4-2-3-11-18-15/h4-6,8-9,14,16H,2-3,7,10-11H2,1H3. The molecule has 1 heterocycles. The molecule has 1 aromatic rings. The molecule has 3 nitrogen and oxygen atoms in total. The zero-order valence-electron chi connectivity index (χ0n) is 10.8. The van der Waals surface area contributed by atoms with Gasteiger partial charge >= 0.3 is 0 Å². The first-order valence-electron chi connectivity index (χ1n) is 6.43. The molecule has 0 saturated heterocycles. The molecule has 98 valence electrons. The fourth-order valence-corrected chi connectivity index (χ4v) is 2.05. The normalized spacial score (nSPS) is 16.7. The van der Waals surface area contributed by atoms with Gasteiger partial charge in [-0.1, -0.05) is 12.1 Å². The number of benzene rings is 1. The summed E-state index contributed by atoms with van der Waals surface area (Å²) in [5.74, 6) is 1.60. The molecule has 0 aromatic heterocycles. The van der Waals surface area contributed by atoms with Crippen molar-refractivity contribution in [2.75, 3.05) is 13.7 Å². The van der Waals surface area contributed by atoms with Gasteiger partial charge in [-0.3, -0.25) is 0 Å². The van der Waals surface area contributed by atoms with E-state index < -0.39 is 6.10 Å². The van der Waals surface area contributed by atoms with Gasteiger partial charge in [0.2, 0.25) is 0 Å². The Kier molecular flexibility index (Phi) is 4.65. The van der Waals surface area contributed by atoms with E-state index in [1.54, 1.807) is 7.11 Å². The predicted octanol–water partition coefficient (Wildman–Crippen LogP) is 2.68. The van der Waals surface area contributed by atoms with Gasteiger partial charge in [0, 0.05) is 0 Å². The number of hydrogen-bond donors (Lipinski definition) is 1. The van der Waals surface area contributed by atoms with E-state index in [1.165, 1.54) is 5.56 Å². The number of aliphatic hydroxyl groups is 1. The van der Waals surface area contributed by atoms with Gasteiger partial charge in [-0.05, 0) is 49.5 Å². The summed E-state index contributed by atoms with van der Waals surface area (Å²) in [6.45, 7) is 0.728. The molecule has 1 aromatic carbocycles. The third kappa shape index (κ3) is 3.50. The molecule has 0 saturated carbocycles. The molecule has 1 aliphatic rings. The molecule has 0 spiro atoms. The van der Waals surface area contributed by atoms with E-state index in [0.29, 0.717) is 6.42 Å². The van der Waals surface area contributed by atoms with Crippen LogP contribution in [0.5, 0.6) is 5.75 Å². The third-order valence-corrected chi connectivity index (χ3v) is 3.16. The van der Waals surface area contributed by atoms with Crippen molar-refractivity contribution in [3.63, 3.8) is 0 Å². The Labute approximate surface area is 108 Å². The molecule has 0 amide bonds. The van der Waals surface area contributed by atoms with E-state index >= 15 is 0 Å². The highest BCUT2D eigenvalue weighted by molar-refractivity contribution is 5.27. The largest absolute Gasteiger partial charge is 0.497 e. The van der Waals surface area contributed by atoms with Crippen LogP contribution in [-0.4, -0.2) is 24.9 Å². The smallest absolute Gasteiger partial charge is 0.120 e. The lowest BCUT2D eigenvalue weighted by molar-refractivity contribution is 0.0869. The quantitative estimate of drug-likeness (QED) is 0.870. The van der Waals surface area contributed by atoms with Crippen LogP contribution >= 0.6 is 0 Å². The van der Waals surface area contributed by atoms with Crippen molar-refractivity contribution in [2.24, 2.45) is 0 Å². The second-order valence-electron chi connectivity index (χ2n) is 4.50. The highest BCUT2D eigenvalue weighted by atomic mass is 16.5. The van der Waals surface area contributed by atoms with Gasteiger partial charge in [0.1, 0.15) is 17.6 Å². The van der Waals surface area contributed by atoms with Crippen LogP contribution in [0.25, 0.3) is 0 Å². The van der Waals surface area contributed by atoms with Gasteiger partial charge in [-0.25, -0.2) is 0 Å². The van der Waals surface area contributed by atoms with E-state index in [4.69, 9.17) is 9.47 Å². The van der Waals surface area contributed by atoms with Crippen molar-refractivity contribution >= 4 is 0 Å². The average Bonchev–Trinajstić information content (AvgIpc) is 2.46. The maximum Gasteiger partial charge on any atom is 0.120 e. The van der Waals surface area contributed by atoms with E-state index in [-0.39, 0.29) is 0 Å². The molecule has 0 bridgehead atoms. The van der Waals surface area contributed by atoms with Gasteiger partial charge in [0.25, 0.3) is 0 Å². The van der Waals surface area contributed by atoms with Crippen LogP contribution < -0.4 is 4.74 Å². The van der Waals surface area contributed by atoms with Gasteiger partial charge in [0.15, 0.2) is 0 Å². The van der Waals surface area contributed by atoms with Crippen molar-refractivity contribution in [1.29, 1.82) is 0 Å². The minimum Gasteiger partial charge on any atom is -0.497 e. The third-order valence-electron chi connectivity index (χ3n) is 3.16. The average molecular weight is 248 g/mol. The first kappa shape index (κ1) is 13.0. The lowest BCUT2D eigenvalue weighted by Gasteiger charge is -2.19. The van der Waals surface area contributed by atoms with Crippen LogP contribution in [0.1, 0.15) is 24.8 Å².